The largest absolute Gasteiger partial charge is 0.311 e. The molecule has 1 aliphatic rings. The maximum atomic E-state index is 7.15. The topological polar surface area (TPSA) is 8.72 Å². The summed E-state index contributed by atoms with van der Waals surface area (Å²) in [6, 6.07) is 0. The average Bonchev–Trinajstić information content (AvgIpc) is 2.19. The van der Waals surface area contributed by atoms with Gasteiger partial charge in [0.25, 0.3) is 0 Å². The molecule has 1 aliphatic carbocycles. The molecule has 0 aromatic rings. The monoisotopic (exact) mass is 190 g/mol. The molecular formula is C12H18N2. The molecule has 0 heterocycles. The van der Waals surface area contributed by atoms with E-state index >= 15 is 0 Å². The summed E-state index contributed by atoms with van der Waals surface area (Å²) in [6.07, 6.45) is 3.99. The second-order valence-corrected chi connectivity index (χ2v) is 5.15. The zero-order chi connectivity index (χ0) is 10.8. The lowest BCUT2D eigenvalue weighted by molar-refractivity contribution is 0.226. The van der Waals surface area contributed by atoms with E-state index in [1.165, 1.54) is 0 Å². The Balaban J connectivity index is 2.62. The third-order valence-corrected chi connectivity index (χ3v) is 3.62. The highest BCUT2D eigenvalue weighted by molar-refractivity contribution is 5.04. The van der Waals surface area contributed by atoms with Crippen LogP contribution in [0.1, 0.15) is 46.5 Å². The lowest BCUT2D eigenvalue weighted by atomic mass is 9.71. The first-order chi connectivity index (χ1) is 6.43. The van der Waals surface area contributed by atoms with E-state index in [9.17, 15) is 0 Å². The van der Waals surface area contributed by atoms with E-state index < -0.39 is 0 Å². The Labute approximate surface area is 87.0 Å². The third kappa shape index (κ3) is 2.07. The van der Waals surface area contributed by atoms with Gasteiger partial charge in [0, 0.05) is 39.5 Å². The summed E-state index contributed by atoms with van der Waals surface area (Å²) in [6.45, 7) is 20.4. The standard InChI is InChI=1S/C12H18N2/c1-11(2,13-4)10-6-8-12(3,14-5)9-7-10/h10H,6-9H2,1-3H3. The van der Waals surface area contributed by atoms with E-state index in [4.69, 9.17) is 13.1 Å². The van der Waals surface area contributed by atoms with Gasteiger partial charge in [-0.15, -0.1) is 0 Å². The van der Waals surface area contributed by atoms with Crippen LogP contribution in [-0.2, 0) is 0 Å². The molecule has 0 aliphatic heterocycles. The Morgan fingerprint density at radius 2 is 1.71 bits per heavy atom. The van der Waals surface area contributed by atoms with Crippen molar-refractivity contribution in [1.82, 2.24) is 0 Å². The molecule has 14 heavy (non-hydrogen) atoms. The molecule has 1 saturated carbocycles. The van der Waals surface area contributed by atoms with Crippen molar-refractivity contribution in [3.8, 4) is 0 Å². The van der Waals surface area contributed by atoms with Crippen LogP contribution in [-0.4, -0.2) is 11.1 Å². The Bertz CT molecular complexity index is 282. The average molecular weight is 190 g/mol. The molecule has 0 amide bonds. The number of rotatable bonds is 1. The van der Waals surface area contributed by atoms with Gasteiger partial charge < -0.3 is 9.69 Å². The van der Waals surface area contributed by atoms with E-state index in [2.05, 4.69) is 9.69 Å². The Hall–Kier alpha value is -1.02. The minimum atomic E-state index is -0.233. The van der Waals surface area contributed by atoms with E-state index in [-0.39, 0.29) is 11.1 Å². The van der Waals surface area contributed by atoms with Crippen LogP contribution in [0.3, 0.4) is 0 Å². The summed E-state index contributed by atoms with van der Waals surface area (Å²) in [4.78, 5) is 7.38. The van der Waals surface area contributed by atoms with Crippen LogP contribution < -0.4 is 0 Å². The zero-order valence-corrected chi connectivity index (χ0v) is 9.30. The number of hydrogen-bond acceptors (Lipinski definition) is 0. The fraction of sp³-hybridized carbons (Fsp3) is 0.833. The minimum Gasteiger partial charge on any atom is -0.311 e. The van der Waals surface area contributed by atoms with Crippen LogP contribution in [0.25, 0.3) is 9.69 Å². The highest BCUT2D eigenvalue weighted by Crippen LogP contribution is 2.40. The highest BCUT2D eigenvalue weighted by Gasteiger charge is 2.44. The summed E-state index contributed by atoms with van der Waals surface area (Å²) >= 11 is 0. The first-order valence-corrected chi connectivity index (χ1v) is 5.21. The van der Waals surface area contributed by atoms with Gasteiger partial charge in [0.2, 0.25) is 11.1 Å². The molecule has 0 bridgehead atoms. The Morgan fingerprint density at radius 1 is 1.21 bits per heavy atom. The molecule has 0 aromatic heterocycles. The van der Waals surface area contributed by atoms with E-state index in [0.717, 1.165) is 25.7 Å². The van der Waals surface area contributed by atoms with Crippen molar-refractivity contribution >= 4 is 0 Å². The lowest BCUT2D eigenvalue weighted by Gasteiger charge is -2.32. The lowest BCUT2D eigenvalue weighted by Crippen LogP contribution is -2.36. The van der Waals surface area contributed by atoms with Crippen LogP contribution in [0.15, 0.2) is 0 Å². The molecule has 1 rings (SSSR count). The van der Waals surface area contributed by atoms with Gasteiger partial charge in [0.05, 0.1) is 0 Å². The number of hydrogen-bond donors (Lipinski definition) is 0. The molecule has 2 nitrogen and oxygen atoms in total. The molecular weight excluding hydrogens is 172 g/mol. The van der Waals surface area contributed by atoms with Crippen molar-refractivity contribution < 1.29 is 0 Å². The van der Waals surface area contributed by atoms with Gasteiger partial charge in [0.1, 0.15) is 0 Å². The highest BCUT2D eigenvalue weighted by atomic mass is 14.8. The van der Waals surface area contributed by atoms with E-state index in [1.54, 1.807) is 0 Å². The van der Waals surface area contributed by atoms with Crippen molar-refractivity contribution in [3.63, 3.8) is 0 Å². The molecule has 0 N–H and O–H groups in total. The summed E-state index contributed by atoms with van der Waals surface area (Å²) in [5.41, 5.74) is -0.377. The molecule has 0 radical (unpaired) electrons. The van der Waals surface area contributed by atoms with Crippen molar-refractivity contribution in [1.29, 1.82) is 0 Å². The first-order valence-electron chi connectivity index (χ1n) is 5.21. The van der Waals surface area contributed by atoms with Gasteiger partial charge in [-0.3, -0.25) is 0 Å². The molecule has 76 valence electrons. The Morgan fingerprint density at radius 3 is 2.07 bits per heavy atom. The maximum Gasteiger partial charge on any atom is 0.229 e. The minimum absolute atomic E-state index is 0.144. The zero-order valence-electron chi connectivity index (χ0n) is 9.30. The first kappa shape index (κ1) is 11.1. The normalized spacial score (nSPS) is 33.1. The quantitative estimate of drug-likeness (QED) is 0.559. The van der Waals surface area contributed by atoms with Crippen LogP contribution >= 0.6 is 0 Å². The summed E-state index contributed by atoms with van der Waals surface area (Å²) < 4.78 is 0. The fourth-order valence-electron chi connectivity index (χ4n) is 2.15. The SMILES string of the molecule is [C-]#[N+]C1(C)CCC(C(C)(C)[N+]#[C-])CC1. The molecule has 0 unspecified atom stereocenters. The van der Waals surface area contributed by atoms with Crippen molar-refractivity contribution in [3.05, 3.63) is 22.8 Å². The van der Waals surface area contributed by atoms with Gasteiger partial charge in [-0.2, -0.15) is 0 Å². The van der Waals surface area contributed by atoms with Crippen molar-refractivity contribution in [2.45, 2.75) is 57.5 Å². The second kappa shape index (κ2) is 3.62. The predicted octanol–water partition coefficient (Wildman–Crippen LogP) is 3.55. The van der Waals surface area contributed by atoms with Crippen molar-refractivity contribution in [2.75, 3.05) is 0 Å². The second-order valence-electron chi connectivity index (χ2n) is 5.15. The molecule has 0 aromatic carbocycles. The van der Waals surface area contributed by atoms with E-state index in [1.807, 2.05) is 20.8 Å². The van der Waals surface area contributed by atoms with Crippen LogP contribution in [0.4, 0.5) is 0 Å². The molecule has 0 atom stereocenters. The fourth-order valence-corrected chi connectivity index (χ4v) is 2.15. The summed E-state index contributed by atoms with van der Waals surface area (Å²) in [7, 11) is 0. The molecule has 2 heteroatoms. The molecule has 0 saturated heterocycles. The van der Waals surface area contributed by atoms with E-state index in [0.29, 0.717) is 5.92 Å². The van der Waals surface area contributed by atoms with Gasteiger partial charge in [-0.05, 0) is 12.8 Å². The summed E-state index contributed by atoms with van der Waals surface area (Å²) in [5.74, 6) is 0.481. The van der Waals surface area contributed by atoms with Gasteiger partial charge in [-0.25, -0.2) is 13.1 Å². The van der Waals surface area contributed by atoms with Crippen LogP contribution in [0.2, 0.25) is 0 Å². The molecule has 0 spiro atoms. The maximum absolute atomic E-state index is 7.15. The smallest absolute Gasteiger partial charge is 0.229 e. The Kier molecular flexibility index (Phi) is 2.86. The van der Waals surface area contributed by atoms with Gasteiger partial charge in [0.15, 0.2) is 0 Å². The van der Waals surface area contributed by atoms with Gasteiger partial charge >= 0.3 is 0 Å². The predicted molar refractivity (Wildman–Crippen MR) is 57.6 cm³/mol. The van der Waals surface area contributed by atoms with Crippen LogP contribution in [0.5, 0.6) is 0 Å². The number of nitrogens with zero attached hydrogens (tertiary/aromatic N) is 2. The molecule has 1 fully saturated rings. The third-order valence-electron chi connectivity index (χ3n) is 3.62. The van der Waals surface area contributed by atoms with Gasteiger partial charge in [-0.1, -0.05) is 0 Å². The summed E-state index contributed by atoms with van der Waals surface area (Å²) in [5, 5.41) is 0. The van der Waals surface area contributed by atoms with Crippen LogP contribution in [0, 0.1) is 19.1 Å². The van der Waals surface area contributed by atoms with Crippen molar-refractivity contribution in [2.24, 2.45) is 5.92 Å².